The van der Waals surface area contributed by atoms with Crippen LogP contribution < -0.4 is 11.7 Å². The van der Waals surface area contributed by atoms with Crippen molar-refractivity contribution in [2.45, 2.75) is 0 Å². The number of hydrogen-bond donors (Lipinski definition) is 3. The van der Waals surface area contributed by atoms with Crippen LogP contribution >= 0.6 is 0 Å². The Morgan fingerprint density at radius 3 is 2.80 bits per heavy atom. The Labute approximate surface area is 84.7 Å². The number of hydrogen-bond acceptors (Lipinski definition) is 3. The molecule has 0 saturated carbocycles. The van der Waals surface area contributed by atoms with Gasteiger partial charge in [0, 0.05) is 5.39 Å². The molecule has 3 aromatic rings. The van der Waals surface area contributed by atoms with Gasteiger partial charge >= 0.3 is 0 Å². The summed E-state index contributed by atoms with van der Waals surface area (Å²) >= 11 is 0. The molecule has 5 heteroatoms. The monoisotopic (exact) mass is 202 g/mol. The van der Waals surface area contributed by atoms with Crippen LogP contribution in [0.25, 0.3) is 21.8 Å². The van der Waals surface area contributed by atoms with E-state index in [9.17, 15) is 4.79 Å². The third-order valence-corrected chi connectivity index (χ3v) is 2.33. The lowest BCUT2D eigenvalue weighted by molar-refractivity contribution is 1.12. The smallest absolute Gasteiger partial charge is 0.259 e. The van der Waals surface area contributed by atoms with Crippen molar-refractivity contribution in [1.29, 1.82) is 0 Å². The van der Waals surface area contributed by atoms with E-state index in [-0.39, 0.29) is 11.7 Å². The second-order valence-electron chi connectivity index (χ2n) is 3.16. The average Bonchev–Trinajstić information content (AvgIpc) is 2.67. The van der Waals surface area contributed by atoms with Gasteiger partial charge in [-0.05, 0) is 6.07 Å². The number of aromatic nitrogens is 3. The SMILES string of the molecule is N.O=c1[nH]c2ccccc2c2[nH]ncc12. The number of benzene rings is 1. The average molecular weight is 202 g/mol. The summed E-state index contributed by atoms with van der Waals surface area (Å²) in [6.45, 7) is 0. The molecule has 0 bridgehead atoms. The molecular formula is C10H10N4O. The summed E-state index contributed by atoms with van der Waals surface area (Å²) in [6.07, 6.45) is 1.54. The van der Waals surface area contributed by atoms with Crippen molar-refractivity contribution < 1.29 is 0 Å². The molecule has 5 N–H and O–H groups in total. The zero-order valence-corrected chi connectivity index (χ0v) is 7.95. The van der Waals surface area contributed by atoms with E-state index < -0.39 is 0 Å². The van der Waals surface area contributed by atoms with Crippen LogP contribution in [0.3, 0.4) is 0 Å². The molecule has 0 radical (unpaired) electrons. The number of nitrogens with one attached hydrogen (secondary N) is 2. The van der Waals surface area contributed by atoms with Gasteiger partial charge in [0.2, 0.25) is 0 Å². The lowest BCUT2D eigenvalue weighted by Crippen LogP contribution is -2.04. The molecule has 0 saturated heterocycles. The van der Waals surface area contributed by atoms with Gasteiger partial charge in [-0.25, -0.2) is 0 Å². The summed E-state index contributed by atoms with van der Waals surface area (Å²) in [5, 5.41) is 8.29. The van der Waals surface area contributed by atoms with Crippen LogP contribution in [0.2, 0.25) is 0 Å². The zero-order chi connectivity index (χ0) is 9.54. The van der Waals surface area contributed by atoms with Crippen molar-refractivity contribution in [3.05, 3.63) is 40.8 Å². The minimum Gasteiger partial charge on any atom is -0.344 e. The van der Waals surface area contributed by atoms with Crippen molar-refractivity contribution in [1.82, 2.24) is 21.3 Å². The molecule has 0 fully saturated rings. The van der Waals surface area contributed by atoms with Crippen LogP contribution in [0.4, 0.5) is 0 Å². The maximum absolute atomic E-state index is 11.5. The highest BCUT2D eigenvalue weighted by atomic mass is 16.1. The Morgan fingerprint density at radius 2 is 1.93 bits per heavy atom. The number of nitrogens with zero attached hydrogens (tertiary/aromatic N) is 1. The summed E-state index contributed by atoms with van der Waals surface area (Å²) in [5.41, 5.74) is 1.52. The Hall–Kier alpha value is -2.14. The molecule has 15 heavy (non-hydrogen) atoms. The maximum Gasteiger partial charge on any atom is 0.259 e. The van der Waals surface area contributed by atoms with Crippen molar-refractivity contribution in [2.24, 2.45) is 0 Å². The molecule has 76 valence electrons. The lowest BCUT2D eigenvalue weighted by Gasteiger charge is -1.97. The van der Waals surface area contributed by atoms with E-state index in [2.05, 4.69) is 15.2 Å². The van der Waals surface area contributed by atoms with Gasteiger partial charge in [-0.15, -0.1) is 0 Å². The molecule has 2 aromatic heterocycles. The summed E-state index contributed by atoms with van der Waals surface area (Å²) < 4.78 is 0. The van der Waals surface area contributed by atoms with Gasteiger partial charge < -0.3 is 11.1 Å². The first-order valence-corrected chi connectivity index (χ1v) is 4.30. The first-order valence-electron chi connectivity index (χ1n) is 4.30. The molecule has 0 aliphatic carbocycles. The summed E-state index contributed by atoms with van der Waals surface area (Å²) in [6, 6.07) is 7.64. The molecule has 1 aromatic carbocycles. The lowest BCUT2D eigenvalue weighted by atomic mass is 10.2. The van der Waals surface area contributed by atoms with Crippen LogP contribution in [0.5, 0.6) is 0 Å². The van der Waals surface area contributed by atoms with E-state index >= 15 is 0 Å². The van der Waals surface area contributed by atoms with Crippen LogP contribution in [0, 0.1) is 0 Å². The van der Waals surface area contributed by atoms with E-state index in [0.717, 1.165) is 16.4 Å². The quantitative estimate of drug-likeness (QED) is 0.516. The fourth-order valence-electron chi connectivity index (χ4n) is 1.66. The van der Waals surface area contributed by atoms with Gasteiger partial charge in [0.25, 0.3) is 5.56 Å². The summed E-state index contributed by atoms with van der Waals surface area (Å²) in [7, 11) is 0. The topological polar surface area (TPSA) is 96.5 Å². The molecular weight excluding hydrogens is 192 g/mol. The van der Waals surface area contributed by atoms with E-state index in [1.807, 2.05) is 24.3 Å². The van der Waals surface area contributed by atoms with Crippen molar-refractivity contribution in [3.63, 3.8) is 0 Å². The Morgan fingerprint density at radius 1 is 1.13 bits per heavy atom. The third-order valence-electron chi connectivity index (χ3n) is 2.33. The molecule has 0 aliphatic heterocycles. The molecule has 3 rings (SSSR count). The van der Waals surface area contributed by atoms with Crippen molar-refractivity contribution in [3.8, 4) is 0 Å². The molecule has 2 heterocycles. The highest BCUT2D eigenvalue weighted by Crippen LogP contribution is 2.17. The van der Waals surface area contributed by atoms with Gasteiger partial charge in [0.15, 0.2) is 0 Å². The van der Waals surface area contributed by atoms with E-state index in [1.165, 1.54) is 0 Å². The number of fused-ring (bicyclic) bond motifs is 3. The molecule has 0 unspecified atom stereocenters. The second kappa shape index (κ2) is 3.21. The summed E-state index contributed by atoms with van der Waals surface area (Å²) in [5.74, 6) is 0. The number of pyridine rings is 1. The predicted octanol–water partition coefficient (Wildman–Crippen LogP) is 1.57. The molecule has 0 aliphatic rings. The normalized spacial score (nSPS) is 10.4. The van der Waals surface area contributed by atoms with Crippen LogP contribution in [-0.2, 0) is 0 Å². The molecule has 0 spiro atoms. The van der Waals surface area contributed by atoms with Crippen molar-refractivity contribution in [2.75, 3.05) is 0 Å². The Bertz CT molecular complexity index is 668. The van der Waals surface area contributed by atoms with Gasteiger partial charge in [0.1, 0.15) is 0 Å². The second-order valence-corrected chi connectivity index (χ2v) is 3.16. The number of para-hydroxylation sites is 1. The van der Waals surface area contributed by atoms with E-state index in [0.29, 0.717) is 5.39 Å². The zero-order valence-electron chi connectivity index (χ0n) is 7.95. The molecule has 0 atom stereocenters. The Kier molecular flexibility index (Phi) is 2.02. The highest BCUT2D eigenvalue weighted by Gasteiger charge is 2.04. The van der Waals surface area contributed by atoms with Gasteiger partial charge in [-0.3, -0.25) is 9.89 Å². The fraction of sp³-hybridized carbons (Fsp3) is 0. The minimum atomic E-state index is -0.104. The van der Waals surface area contributed by atoms with Crippen molar-refractivity contribution >= 4 is 21.8 Å². The van der Waals surface area contributed by atoms with Crippen LogP contribution in [0.1, 0.15) is 0 Å². The first kappa shape index (κ1) is 9.42. The van der Waals surface area contributed by atoms with Gasteiger partial charge in [-0.1, -0.05) is 18.2 Å². The number of rotatable bonds is 0. The fourth-order valence-corrected chi connectivity index (χ4v) is 1.66. The summed E-state index contributed by atoms with van der Waals surface area (Å²) in [4.78, 5) is 14.3. The predicted molar refractivity (Wildman–Crippen MR) is 59.2 cm³/mol. The van der Waals surface area contributed by atoms with Crippen LogP contribution in [0.15, 0.2) is 35.3 Å². The maximum atomic E-state index is 11.5. The molecule has 0 amide bonds. The third kappa shape index (κ3) is 1.21. The Balaban J connectivity index is 0.000000853. The largest absolute Gasteiger partial charge is 0.344 e. The number of H-pyrrole nitrogens is 2. The van der Waals surface area contributed by atoms with Gasteiger partial charge in [0.05, 0.1) is 22.6 Å². The first-order chi connectivity index (χ1) is 6.86. The van der Waals surface area contributed by atoms with Crippen LogP contribution in [-0.4, -0.2) is 15.2 Å². The molecule has 5 nitrogen and oxygen atoms in total. The standard InChI is InChI=1S/C10H7N3O.H3N/c14-10-7-5-11-13-9(7)6-3-1-2-4-8(6)12-10;/h1-5H,(H,11,13)(H,12,14);1H3. The van der Waals surface area contributed by atoms with Gasteiger partial charge in [-0.2, -0.15) is 5.10 Å². The highest BCUT2D eigenvalue weighted by molar-refractivity contribution is 6.02. The number of aromatic amines is 2. The minimum absolute atomic E-state index is 0. The van der Waals surface area contributed by atoms with E-state index in [1.54, 1.807) is 6.20 Å². The van der Waals surface area contributed by atoms with E-state index in [4.69, 9.17) is 0 Å².